The molecule has 154 valence electrons. The standard InChI is InChI=1S/C27H46/c1-19(2)9-8-10-20(3)23-14-15-24-22-13-12-21-11-6-7-17-26(21,4)25(22)16-18-27(23,24)5/h6,11,19-25H,7-10,12-18H2,1-5H3/t20-,21?,22?,23-,24?,25?,26+,27-/m1/s1. The van der Waals surface area contributed by atoms with Gasteiger partial charge in [-0.2, -0.15) is 0 Å². The van der Waals surface area contributed by atoms with Gasteiger partial charge in [-0.05, 0) is 104 Å². The average molecular weight is 371 g/mol. The van der Waals surface area contributed by atoms with Crippen molar-refractivity contribution in [3.8, 4) is 0 Å². The molecule has 0 aromatic carbocycles. The lowest BCUT2D eigenvalue weighted by Gasteiger charge is -2.60. The Labute approximate surface area is 170 Å². The maximum absolute atomic E-state index is 2.74. The Morgan fingerprint density at radius 1 is 0.852 bits per heavy atom. The molecule has 0 nitrogen and oxygen atoms in total. The molecule has 8 atom stereocenters. The van der Waals surface area contributed by atoms with E-state index in [4.69, 9.17) is 0 Å². The Balaban J connectivity index is 1.47. The van der Waals surface area contributed by atoms with Gasteiger partial charge in [-0.1, -0.05) is 66.0 Å². The van der Waals surface area contributed by atoms with Crippen LogP contribution in [0.3, 0.4) is 0 Å². The minimum Gasteiger partial charge on any atom is -0.0882 e. The zero-order chi connectivity index (χ0) is 19.2. The van der Waals surface area contributed by atoms with Gasteiger partial charge in [-0.25, -0.2) is 0 Å². The predicted molar refractivity (Wildman–Crippen MR) is 118 cm³/mol. The van der Waals surface area contributed by atoms with Gasteiger partial charge in [0.2, 0.25) is 0 Å². The van der Waals surface area contributed by atoms with Gasteiger partial charge >= 0.3 is 0 Å². The van der Waals surface area contributed by atoms with Crippen LogP contribution in [0.4, 0.5) is 0 Å². The summed E-state index contributed by atoms with van der Waals surface area (Å²) < 4.78 is 0. The first kappa shape index (κ1) is 20.0. The summed E-state index contributed by atoms with van der Waals surface area (Å²) in [6.07, 6.45) is 21.4. The second kappa shape index (κ2) is 7.53. The lowest BCUT2D eigenvalue weighted by molar-refractivity contribution is -0.0955. The molecular formula is C27H46. The maximum atomic E-state index is 2.74. The van der Waals surface area contributed by atoms with Crippen LogP contribution in [0.25, 0.3) is 0 Å². The molecule has 3 saturated carbocycles. The fourth-order valence-corrected chi connectivity index (χ4v) is 8.85. The summed E-state index contributed by atoms with van der Waals surface area (Å²) in [5.74, 6) is 6.83. The van der Waals surface area contributed by atoms with Crippen molar-refractivity contribution in [2.24, 2.45) is 52.3 Å². The molecule has 0 radical (unpaired) electrons. The summed E-state index contributed by atoms with van der Waals surface area (Å²) in [7, 11) is 0. The van der Waals surface area contributed by atoms with E-state index in [-0.39, 0.29) is 0 Å². The predicted octanol–water partition coefficient (Wildman–Crippen LogP) is 8.27. The Morgan fingerprint density at radius 3 is 2.41 bits per heavy atom. The van der Waals surface area contributed by atoms with Crippen LogP contribution in [-0.2, 0) is 0 Å². The first-order chi connectivity index (χ1) is 12.9. The van der Waals surface area contributed by atoms with E-state index in [1.807, 2.05) is 0 Å². The molecule has 0 amide bonds. The Bertz CT molecular complexity index is 544. The topological polar surface area (TPSA) is 0 Å². The fraction of sp³-hybridized carbons (Fsp3) is 0.926. The zero-order valence-electron chi connectivity index (χ0n) is 19.0. The van der Waals surface area contributed by atoms with E-state index < -0.39 is 0 Å². The maximum Gasteiger partial charge on any atom is -0.0177 e. The van der Waals surface area contributed by atoms with Crippen LogP contribution in [0.5, 0.6) is 0 Å². The largest absolute Gasteiger partial charge is 0.0882 e. The second-order valence-electron chi connectivity index (χ2n) is 12.1. The summed E-state index contributed by atoms with van der Waals surface area (Å²) in [4.78, 5) is 0. The monoisotopic (exact) mass is 370 g/mol. The Morgan fingerprint density at radius 2 is 1.63 bits per heavy atom. The third-order valence-corrected chi connectivity index (χ3v) is 10.4. The average Bonchev–Trinajstić information content (AvgIpc) is 2.98. The molecule has 0 spiro atoms. The highest BCUT2D eigenvalue weighted by Gasteiger charge is 2.59. The molecule has 0 aliphatic heterocycles. The molecule has 0 bridgehead atoms. The second-order valence-corrected chi connectivity index (χ2v) is 12.1. The van der Waals surface area contributed by atoms with Crippen LogP contribution in [-0.4, -0.2) is 0 Å². The van der Waals surface area contributed by atoms with Gasteiger partial charge in [0.05, 0.1) is 0 Å². The Hall–Kier alpha value is -0.260. The van der Waals surface area contributed by atoms with Gasteiger partial charge in [0.15, 0.2) is 0 Å². The molecule has 27 heavy (non-hydrogen) atoms. The van der Waals surface area contributed by atoms with Gasteiger partial charge in [-0.15, -0.1) is 0 Å². The molecule has 4 aliphatic rings. The molecule has 0 aromatic rings. The first-order valence-electron chi connectivity index (χ1n) is 12.5. The van der Waals surface area contributed by atoms with Crippen LogP contribution < -0.4 is 0 Å². The minimum atomic E-state index is 0.625. The first-order valence-corrected chi connectivity index (χ1v) is 12.5. The van der Waals surface area contributed by atoms with Gasteiger partial charge in [-0.3, -0.25) is 0 Å². The normalized spacial score (nSPS) is 47.4. The number of hydrogen-bond acceptors (Lipinski definition) is 0. The zero-order valence-corrected chi connectivity index (χ0v) is 19.0. The lowest BCUT2D eigenvalue weighted by atomic mass is 9.45. The molecule has 0 N–H and O–H groups in total. The molecule has 0 aromatic heterocycles. The van der Waals surface area contributed by atoms with E-state index in [0.717, 1.165) is 41.4 Å². The highest BCUT2D eigenvalue weighted by molar-refractivity contribution is 5.13. The smallest absolute Gasteiger partial charge is 0.0177 e. The summed E-state index contributed by atoms with van der Waals surface area (Å²) in [5.41, 5.74) is 1.28. The summed E-state index contributed by atoms with van der Waals surface area (Å²) in [6, 6.07) is 0. The van der Waals surface area contributed by atoms with Gasteiger partial charge < -0.3 is 0 Å². The summed E-state index contributed by atoms with van der Waals surface area (Å²) in [5, 5.41) is 0. The molecule has 4 unspecified atom stereocenters. The number of rotatable bonds is 5. The number of fused-ring (bicyclic) bond motifs is 5. The van der Waals surface area contributed by atoms with Crippen LogP contribution in [0.2, 0.25) is 0 Å². The SMILES string of the molecule is CC(C)CCC[C@@H](C)[C@H]1CCC2C3CCC4C=CCC[C@]4(C)C3CC[C@@]21C. The van der Waals surface area contributed by atoms with E-state index in [9.17, 15) is 0 Å². The van der Waals surface area contributed by atoms with Crippen LogP contribution in [0, 0.1) is 52.3 Å². The molecular weight excluding hydrogens is 324 g/mol. The van der Waals surface area contributed by atoms with Crippen molar-refractivity contribution >= 4 is 0 Å². The van der Waals surface area contributed by atoms with Crippen LogP contribution in [0.15, 0.2) is 12.2 Å². The van der Waals surface area contributed by atoms with E-state index in [0.29, 0.717) is 10.8 Å². The van der Waals surface area contributed by atoms with Crippen molar-refractivity contribution in [2.75, 3.05) is 0 Å². The third kappa shape index (κ3) is 3.36. The highest BCUT2D eigenvalue weighted by Crippen LogP contribution is 2.67. The van der Waals surface area contributed by atoms with E-state index in [1.165, 1.54) is 64.2 Å². The number of allylic oxidation sites excluding steroid dienone is 2. The molecule has 4 rings (SSSR count). The van der Waals surface area contributed by atoms with Crippen molar-refractivity contribution in [3.05, 3.63) is 12.2 Å². The van der Waals surface area contributed by atoms with Crippen LogP contribution in [0.1, 0.15) is 105 Å². The lowest BCUT2D eigenvalue weighted by Crippen LogP contribution is -2.52. The van der Waals surface area contributed by atoms with Gasteiger partial charge in [0.25, 0.3) is 0 Å². The third-order valence-electron chi connectivity index (χ3n) is 10.4. The van der Waals surface area contributed by atoms with Crippen molar-refractivity contribution in [2.45, 2.75) is 105 Å². The molecule has 0 heteroatoms. The fourth-order valence-electron chi connectivity index (χ4n) is 8.85. The molecule has 0 heterocycles. The van der Waals surface area contributed by atoms with E-state index in [1.54, 1.807) is 6.42 Å². The minimum absolute atomic E-state index is 0.625. The Kier molecular flexibility index (Phi) is 5.59. The number of hydrogen-bond donors (Lipinski definition) is 0. The molecule has 3 fully saturated rings. The van der Waals surface area contributed by atoms with E-state index >= 15 is 0 Å². The van der Waals surface area contributed by atoms with Gasteiger partial charge in [0.1, 0.15) is 0 Å². The summed E-state index contributed by atoms with van der Waals surface area (Å²) in [6.45, 7) is 12.8. The quantitative estimate of drug-likeness (QED) is 0.427. The van der Waals surface area contributed by atoms with Crippen molar-refractivity contribution in [1.29, 1.82) is 0 Å². The van der Waals surface area contributed by atoms with Crippen molar-refractivity contribution < 1.29 is 0 Å². The van der Waals surface area contributed by atoms with Crippen LogP contribution >= 0.6 is 0 Å². The summed E-state index contributed by atoms with van der Waals surface area (Å²) >= 11 is 0. The van der Waals surface area contributed by atoms with E-state index in [2.05, 4.69) is 46.8 Å². The van der Waals surface area contributed by atoms with Gasteiger partial charge in [0, 0.05) is 0 Å². The molecule has 0 saturated heterocycles. The highest BCUT2D eigenvalue weighted by atomic mass is 14.6. The van der Waals surface area contributed by atoms with Crippen molar-refractivity contribution in [1.82, 2.24) is 0 Å². The molecule has 4 aliphatic carbocycles. The van der Waals surface area contributed by atoms with Crippen molar-refractivity contribution in [3.63, 3.8) is 0 Å².